The summed E-state index contributed by atoms with van der Waals surface area (Å²) >= 11 is 0. The third-order valence-electron chi connectivity index (χ3n) is 1.50. The van der Waals surface area contributed by atoms with Crippen molar-refractivity contribution in [3.8, 4) is 6.07 Å². The van der Waals surface area contributed by atoms with E-state index in [0.717, 1.165) is 6.54 Å². The maximum Gasteiger partial charge on any atom is 0.286 e. The van der Waals surface area contributed by atoms with Gasteiger partial charge in [-0.1, -0.05) is 0 Å². The molecule has 1 N–H and O–H groups in total. The molecule has 1 aliphatic heterocycles. The van der Waals surface area contributed by atoms with Crippen molar-refractivity contribution in [1.82, 2.24) is 4.90 Å². The first kappa shape index (κ1) is 5.58. The summed E-state index contributed by atoms with van der Waals surface area (Å²) < 4.78 is 0. The molecule has 0 atom stereocenters. The molecule has 1 rings (SSSR count). The fraction of sp³-hybridized carbons (Fsp3) is 0.833. The molecule has 0 aromatic heterocycles. The molecule has 2 heteroatoms. The number of rotatable bonds is 1. The van der Waals surface area contributed by atoms with E-state index in [0.29, 0.717) is 0 Å². The summed E-state index contributed by atoms with van der Waals surface area (Å²) in [5.74, 6) is 0. The van der Waals surface area contributed by atoms with E-state index in [4.69, 9.17) is 5.26 Å². The molecule has 2 nitrogen and oxygen atoms in total. The molecule has 1 fully saturated rings. The Hall–Kier alpha value is -0.550. The van der Waals surface area contributed by atoms with Gasteiger partial charge in [0.15, 0.2) is 0 Å². The summed E-state index contributed by atoms with van der Waals surface area (Å²) in [6.07, 6.45) is 2.61. The zero-order valence-corrected chi connectivity index (χ0v) is 4.98. The van der Waals surface area contributed by atoms with Crippen molar-refractivity contribution < 1.29 is 5.26 Å². The van der Waals surface area contributed by atoms with Gasteiger partial charge in [-0.15, -0.1) is 5.26 Å². The lowest BCUT2D eigenvalue weighted by atomic mass is 10.4. The number of nitrogens with zero attached hydrogens (tertiary/aromatic N) is 1. The highest BCUT2D eigenvalue weighted by molar-refractivity contribution is 4.77. The van der Waals surface area contributed by atoms with Gasteiger partial charge in [0, 0.05) is 0 Å². The van der Waals surface area contributed by atoms with E-state index in [1.807, 2.05) is 0 Å². The average Bonchev–Trinajstić information content (AvgIpc) is 2.19. The molecule has 0 bridgehead atoms. The van der Waals surface area contributed by atoms with E-state index in [-0.39, 0.29) is 0 Å². The van der Waals surface area contributed by atoms with E-state index >= 15 is 0 Å². The van der Waals surface area contributed by atoms with Crippen LogP contribution < -0.4 is 5.26 Å². The Morgan fingerprint density at radius 3 is 2.50 bits per heavy atom. The highest BCUT2D eigenvalue weighted by Crippen LogP contribution is 2.04. The molecule has 0 aromatic carbocycles. The van der Waals surface area contributed by atoms with E-state index < -0.39 is 0 Å². The smallest absolute Gasteiger partial charge is 0.286 e. The summed E-state index contributed by atoms with van der Waals surface area (Å²) in [6, 6.07) is 2.39. The molecule has 0 spiro atoms. The van der Waals surface area contributed by atoms with Crippen LogP contribution in [0.25, 0.3) is 0 Å². The summed E-state index contributed by atoms with van der Waals surface area (Å²) in [6.45, 7) is 3.08. The fourth-order valence-corrected chi connectivity index (χ4v) is 1.05. The molecule has 0 aromatic rings. The van der Waals surface area contributed by atoms with Crippen LogP contribution in [0.1, 0.15) is 12.8 Å². The molecule has 0 aliphatic carbocycles. The van der Waals surface area contributed by atoms with Crippen LogP contribution >= 0.6 is 0 Å². The zero-order chi connectivity index (χ0) is 5.82. The van der Waals surface area contributed by atoms with Crippen LogP contribution in [0.4, 0.5) is 0 Å². The summed E-state index contributed by atoms with van der Waals surface area (Å²) in [5, 5.41) is 6.68. The fourth-order valence-electron chi connectivity index (χ4n) is 1.05. The highest BCUT2D eigenvalue weighted by atomic mass is 15.1. The largest absolute Gasteiger partial charge is 0.287 e. The molecule has 0 unspecified atom stereocenters. The minimum atomic E-state index is 0.736. The van der Waals surface area contributed by atoms with Crippen LogP contribution in [0.15, 0.2) is 0 Å². The van der Waals surface area contributed by atoms with Crippen LogP contribution in [-0.4, -0.2) is 24.5 Å². The third kappa shape index (κ3) is 1.21. The Morgan fingerprint density at radius 1 is 1.38 bits per heavy atom. The Kier molecular flexibility index (Phi) is 1.87. The van der Waals surface area contributed by atoms with E-state index in [1.54, 1.807) is 0 Å². The molecular weight excluding hydrogens is 100 g/mol. The molecule has 1 saturated heterocycles. The van der Waals surface area contributed by atoms with Gasteiger partial charge in [0.2, 0.25) is 0 Å². The Morgan fingerprint density at radius 2 is 2.00 bits per heavy atom. The van der Waals surface area contributed by atoms with Crippen LogP contribution in [0, 0.1) is 6.07 Å². The summed E-state index contributed by atoms with van der Waals surface area (Å²) in [4.78, 5) is 2.24. The lowest BCUT2D eigenvalue weighted by molar-refractivity contribution is -0.0957. The maximum atomic E-state index is 6.68. The van der Waals surface area contributed by atoms with Crippen molar-refractivity contribution in [2.75, 3.05) is 19.6 Å². The van der Waals surface area contributed by atoms with Crippen molar-refractivity contribution in [2.24, 2.45) is 0 Å². The highest BCUT2D eigenvalue weighted by Gasteiger charge is 2.10. The van der Waals surface area contributed by atoms with Gasteiger partial charge in [-0.05, 0) is 25.9 Å². The molecule has 8 heavy (non-hydrogen) atoms. The average molecular weight is 111 g/mol. The number of hydrogen-bond acceptors (Lipinski definition) is 1. The molecule has 44 valence electrons. The van der Waals surface area contributed by atoms with Crippen molar-refractivity contribution in [3.63, 3.8) is 0 Å². The van der Waals surface area contributed by atoms with E-state index in [9.17, 15) is 0 Å². The first-order valence-corrected chi connectivity index (χ1v) is 3.05. The lowest BCUT2D eigenvalue weighted by Gasteiger charge is -2.04. The van der Waals surface area contributed by atoms with Gasteiger partial charge in [0.05, 0.1) is 0 Å². The van der Waals surface area contributed by atoms with Gasteiger partial charge in [-0.2, -0.15) is 0 Å². The number of hydrogen-bond donors (Lipinski definition) is 1. The van der Waals surface area contributed by atoms with Gasteiger partial charge in [-0.25, -0.2) is 0 Å². The first-order chi connectivity index (χ1) is 3.93. The third-order valence-corrected chi connectivity index (χ3v) is 1.50. The molecule has 1 aliphatic rings. The van der Waals surface area contributed by atoms with E-state index in [2.05, 4.69) is 11.0 Å². The number of likely N-dealkylation sites (tertiary alicyclic amines) is 1. The standard InChI is InChI=1S/C6H10N2/c7-3-6-8-4-1-2-5-8/h1-2,4-6H2/p+1. The Balaban J connectivity index is 2.17. The monoisotopic (exact) mass is 111 g/mol. The molecule has 0 radical (unpaired) electrons. The minimum Gasteiger partial charge on any atom is -0.287 e. The predicted molar refractivity (Wildman–Crippen MR) is 30.5 cm³/mol. The van der Waals surface area contributed by atoms with Crippen LogP contribution in [0.3, 0.4) is 0 Å². The second-order valence-corrected chi connectivity index (χ2v) is 2.16. The van der Waals surface area contributed by atoms with Gasteiger partial charge < -0.3 is 0 Å². The minimum absolute atomic E-state index is 0.736. The van der Waals surface area contributed by atoms with Crippen molar-refractivity contribution in [3.05, 3.63) is 0 Å². The quantitative estimate of drug-likeness (QED) is 0.425. The Labute approximate surface area is 49.7 Å². The van der Waals surface area contributed by atoms with E-state index in [1.165, 1.54) is 25.9 Å². The van der Waals surface area contributed by atoms with Gasteiger partial charge in [0.25, 0.3) is 6.07 Å². The second kappa shape index (κ2) is 2.68. The van der Waals surface area contributed by atoms with Gasteiger partial charge in [-0.3, -0.25) is 4.90 Å². The zero-order valence-electron chi connectivity index (χ0n) is 4.98. The molecule has 1 heterocycles. The van der Waals surface area contributed by atoms with Crippen molar-refractivity contribution in [2.45, 2.75) is 12.8 Å². The molecular formula is C6H11N2+. The van der Waals surface area contributed by atoms with Crippen LogP contribution in [0.2, 0.25) is 0 Å². The number of nitrogens with one attached hydrogen (secondary N) is 1. The van der Waals surface area contributed by atoms with Gasteiger partial charge in [0.1, 0.15) is 6.54 Å². The lowest BCUT2D eigenvalue weighted by Crippen LogP contribution is -2.26. The summed E-state index contributed by atoms with van der Waals surface area (Å²) in [7, 11) is 0. The maximum absolute atomic E-state index is 6.68. The molecule has 0 amide bonds. The molecule has 0 saturated carbocycles. The first-order valence-electron chi connectivity index (χ1n) is 3.05. The second-order valence-electron chi connectivity index (χ2n) is 2.16. The predicted octanol–water partition coefficient (Wildman–Crippen LogP) is -1.15. The normalized spacial score (nSPS) is 20.9. The topological polar surface area (TPSA) is 27.0 Å². The van der Waals surface area contributed by atoms with Crippen LogP contribution in [0.5, 0.6) is 0 Å². The summed E-state index contributed by atoms with van der Waals surface area (Å²) in [5.41, 5.74) is 0. The SMILES string of the molecule is [NH+]#CCN1CCCC1. The van der Waals surface area contributed by atoms with Crippen molar-refractivity contribution in [1.29, 1.82) is 0 Å². The van der Waals surface area contributed by atoms with Crippen LogP contribution in [-0.2, 0) is 0 Å². The van der Waals surface area contributed by atoms with Crippen molar-refractivity contribution >= 4 is 0 Å². The Bertz CT molecular complexity index is 97.6. The van der Waals surface area contributed by atoms with Gasteiger partial charge >= 0.3 is 0 Å².